The molecule has 0 spiro atoms. The number of aromatic nitrogens is 2. The van der Waals surface area contributed by atoms with Gasteiger partial charge in [0, 0.05) is 17.3 Å². The van der Waals surface area contributed by atoms with Crippen molar-refractivity contribution in [2.45, 2.75) is 58.9 Å². The van der Waals surface area contributed by atoms with Crippen LogP contribution in [0.5, 0.6) is 0 Å². The number of esters is 1. The average Bonchev–Trinajstić information content (AvgIpc) is 3.03. The van der Waals surface area contributed by atoms with Gasteiger partial charge in [-0.1, -0.05) is 38.0 Å². The second-order valence-electron chi connectivity index (χ2n) is 8.12. The predicted octanol–water partition coefficient (Wildman–Crippen LogP) is 2.98. The molecule has 3 rings (SSSR count). The second-order valence-corrected chi connectivity index (χ2v) is 8.12. The molecule has 2 atom stereocenters. The summed E-state index contributed by atoms with van der Waals surface area (Å²) in [6.07, 6.45) is 4.21. The number of ether oxygens (including phenoxy) is 1. The summed E-state index contributed by atoms with van der Waals surface area (Å²) in [5.74, 6) is -0.811. The monoisotopic (exact) mass is 426 g/mol. The van der Waals surface area contributed by atoms with Gasteiger partial charge in [-0.05, 0) is 44.7 Å². The summed E-state index contributed by atoms with van der Waals surface area (Å²) in [6, 6.07) is 9.16. The number of imide groups is 1. The highest BCUT2D eigenvalue weighted by Gasteiger charge is 2.23. The number of para-hydroxylation sites is 1. The van der Waals surface area contributed by atoms with Gasteiger partial charge in [-0.25, -0.2) is 9.48 Å². The molecule has 166 valence electrons. The topological polar surface area (TPSA) is 102 Å². The molecule has 1 saturated carbocycles. The number of rotatable bonds is 6. The average molecular weight is 427 g/mol. The summed E-state index contributed by atoms with van der Waals surface area (Å²) in [7, 11) is 0. The molecule has 0 unspecified atom stereocenters. The Morgan fingerprint density at radius 2 is 1.84 bits per heavy atom. The van der Waals surface area contributed by atoms with Crippen LogP contribution >= 0.6 is 0 Å². The van der Waals surface area contributed by atoms with E-state index in [9.17, 15) is 14.4 Å². The number of hydrogen-bond donors (Lipinski definition) is 2. The Labute approximate surface area is 182 Å². The fraction of sp³-hybridized carbons (Fsp3) is 0.478. The molecule has 2 aromatic rings. The SMILES string of the molecule is Cc1nn(-c2ccccc2)c(C)c1CC(=O)OCC(=O)NC(=O)N[C@H]1CCCC[C@@H]1C. The van der Waals surface area contributed by atoms with Crippen LogP contribution in [0.1, 0.15) is 49.6 Å². The smallest absolute Gasteiger partial charge is 0.321 e. The number of carbonyl (C=O) groups is 3. The van der Waals surface area contributed by atoms with E-state index in [0.29, 0.717) is 5.92 Å². The molecule has 3 amide bonds. The number of hydrogen-bond acceptors (Lipinski definition) is 5. The van der Waals surface area contributed by atoms with Gasteiger partial charge in [-0.2, -0.15) is 5.10 Å². The minimum atomic E-state index is -0.650. The van der Waals surface area contributed by atoms with Crippen LogP contribution in [0.4, 0.5) is 4.79 Å². The Hall–Kier alpha value is -3.16. The van der Waals surface area contributed by atoms with Crippen molar-refractivity contribution in [3.8, 4) is 5.69 Å². The number of nitrogens with one attached hydrogen (secondary N) is 2. The van der Waals surface area contributed by atoms with E-state index in [0.717, 1.165) is 41.9 Å². The molecule has 8 heteroatoms. The van der Waals surface area contributed by atoms with Crippen molar-refractivity contribution in [3.05, 3.63) is 47.3 Å². The molecule has 0 aliphatic heterocycles. The quantitative estimate of drug-likeness (QED) is 0.692. The van der Waals surface area contributed by atoms with E-state index in [2.05, 4.69) is 22.7 Å². The number of benzene rings is 1. The van der Waals surface area contributed by atoms with Crippen molar-refractivity contribution in [2.75, 3.05) is 6.61 Å². The largest absolute Gasteiger partial charge is 0.455 e. The maximum absolute atomic E-state index is 12.3. The molecule has 1 heterocycles. The highest BCUT2D eigenvalue weighted by Crippen LogP contribution is 2.23. The molecule has 1 aromatic carbocycles. The zero-order chi connectivity index (χ0) is 22.4. The van der Waals surface area contributed by atoms with E-state index in [1.54, 1.807) is 4.68 Å². The van der Waals surface area contributed by atoms with E-state index in [1.165, 1.54) is 6.42 Å². The summed E-state index contributed by atoms with van der Waals surface area (Å²) in [5, 5.41) is 9.58. The predicted molar refractivity (Wildman–Crippen MR) is 116 cm³/mol. The van der Waals surface area contributed by atoms with Crippen molar-refractivity contribution >= 4 is 17.9 Å². The Balaban J connectivity index is 1.48. The Kier molecular flexibility index (Phi) is 7.44. The molecule has 0 saturated heterocycles. The minimum absolute atomic E-state index is 0.00354. The molecule has 8 nitrogen and oxygen atoms in total. The Morgan fingerprint density at radius 1 is 1.13 bits per heavy atom. The van der Waals surface area contributed by atoms with Crippen LogP contribution in [-0.4, -0.2) is 40.3 Å². The third kappa shape index (κ3) is 5.93. The van der Waals surface area contributed by atoms with Crippen LogP contribution in [0.15, 0.2) is 30.3 Å². The Morgan fingerprint density at radius 3 is 2.55 bits per heavy atom. The lowest BCUT2D eigenvalue weighted by Gasteiger charge is -2.29. The lowest BCUT2D eigenvalue weighted by atomic mass is 9.86. The second kappa shape index (κ2) is 10.2. The van der Waals surface area contributed by atoms with Crippen molar-refractivity contribution in [3.63, 3.8) is 0 Å². The third-order valence-corrected chi connectivity index (χ3v) is 5.81. The van der Waals surface area contributed by atoms with E-state index in [1.807, 2.05) is 44.2 Å². The van der Waals surface area contributed by atoms with E-state index in [-0.39, 0.29) is 12.5 Å². The van der Waals surface area contributed by atoms with Gasteiger partial charge in [-0.3, -0.25) is 14.9 Å². The molecule has 0 bridgehead atoms. The lowest BCUT2D eigenvalue weighted by Crippen LogP contribution is -2.48. The van der Waals surface area contributed by atoms with Gasteiger partial charge in [0.2, 0.25) is 0 Å². The Bertz CT molecular complexity index is 939. The highest BCUT2D eigenvalue weighted by molar-refractivity contribution is 5.95. The zero-order valence-corrected chi connectivity index (χ0v) is 18.3. The van der Waals surface area contributed by atoms with E-state index >= 15 is 0 Å². The van der Waals surface area contributed by atoms with Crippen LogP contribution in [-0.2, 0) is 20.7 Å². The summed E-state index contributed by atoms with van der Waals surface area (Å²) < 4.78 is 6.86. The number of carbonyl (C=O) groups excluding carboxylic acids is 3. The summed E-state index contributed by atoms with van der Waals surface area (Å²) in [5.41, 5.74) is 3.23. The van der Waals surface area contributed by atoms with Crippen LogP contribution in [0.25, 0.3) is 5.69 Å². The molecule has 0 radical (unpaired) electrons. The normalized spacial score (nSPS) is 18.3. The van der Waals surface area contributed by atoms with Gasteiger partial charge in [0.25, 0.3) is 5.91 Å². The van der Waals surface area contributed by atoms with E-state index < -0.39 is 24.5 Å². The first-order valence-corrected chi connectivity index (χ1v) is 10.7. The van der Waals surface area contributed by atoms with Crippen LogP contribution < -0.4 is 10.6 Å². The number of urea groups is 1. The van der Waals surface area contributed by atoms with Gasteiger partial charge in [-0.15, -0.1) is 0 Å². The maximum atomic E-state index is 12.3. The van der Waals surface area contributed by atoms with Gasteiger partial charge in [0.05, 0.1) is 17.8 Å². The molecule has 1 aliphatic carbocycles. The first-order valence-electron chi connectivity index (χ1n) is 10.7. The van der Waals surface area contributed by atoms with Crippen LogP contribution in [0, 0.1) is 19.8 Å². The number of nitrogens with zero attached hydrogens (tertiary/aromatic N) is 2. The lowest BCUT2D eigenvalue weighted by molar-refractivity contribution is -0.147. The van der Waals surface area contributed by atoms with Gasteiger partial charge in [0.1, 0.15) is 0 Å². The molecule has 2 N–H and O–H groups in total. The minimum Gasteiger partial charge on any atom is -0.455 e. The van der Waals surface area contributed by atoms with Gasteiger partial charge < -0.3 is 10.1 Å². The number of aryl methyl sites for hydroxylation is 1. The molecule has 1 aliphatic rings. The fourth-order valence-corrected chi connectivity index (χ4v) is 3.99. The standard InChI is InChI=1S/C23H30N4O4/c1-15-9-7-8-12-20(15)24-23(30)25-21(28)14-31-22(29)13-19-16(2)26-27(17(19)3)18-10-5-4-6-11-18/h4-6,10-11,15,20H,7-9,12-14H2,1-3H3,(H2,24,25,28,30)/t15-,20-/m0/s1. The highest BCUT2D eigenvalue weighted by atomic mass is 16.5. The first-order chi connectivity index (χ1) is 14.8. The zero-order valence-electron chi connectivity index (χ0n) is 18.3. The van der Waals surface area contributed by atoms with Gasteiger partial charge in [0.15, 0.2) is 6.61 Å². The molecular weight excluding hydrogens is 396 g/mol. The molecule has 1 aromatic heterocycles. The van der Waals surface area contributed by atoms with Crippen LogP contribution in [0.3, 0.4) is 0 Å². The summed E-state index contributed by atoms with van der Waals surface area (Å²) >= 11 is 0. The van der Waals surface area contributed by atoms with Crippen molar-refractivity contribution in [1.29, 1.82) is 0 Å². The summed E-state index contributed by atoms with van der Waals surface area (Å²) in [4.78, 5) is 36.3. The maximum Gasteiger partial charge on any atom is 0.321 e. The van der Waals surface area contributed by atoms with E-state index in [4.69, 9.17) is 4.74 Å². The van der Waals surface area contributed by atoms with Crippen LogP contribution in [0.2, 0.25) is 0 Å². The van der Waals surface area contributed by atoms with Crippen molar-refractivity contribution in [1.82, 2.24) is 20.4 Å². The molecule has 31 heavy (non-hydrogen) atoms. The van der Waals surface area contributed by atoms with Gasteiger partial charge >= 0.3 is 12.0 Å². The first kappa shape index (κ1) is 22.5. The van der Waals surface area contributed by atoms with Crippen molar-refractivity contribution < 1.29 is 19.1 Å². The van der Waals surface area contributed by atoms with Crippen molar-refractivity contribution in [2.24, 2.45) is 5.92 Å². The fourth-order valence-electron chi connectivity index (χ4n) is 3.99. The molecule has 1 fully saturated rings. The third-order valence-electron chi connectivity index (χ3n) is 5.81. The summed E-state index contributed by atoms with van der Waals surface area (Å²) in [6.45, 7) is 5.31. The molecular formula is C23H30N4O4. The number of amides is 3.